The van der Waals surface area contributed by atoms with Crippen molar-refractivity contribution in [2.45, 2.75) is 45.2 Å². The van der Waals surface area contributed by atoms with Crippen molar-refractivity contribution in [3.05, 3.63) is 46.2 Å². The largest absolute Gasteiger partial charge is 0.339 e. The third-order valence-corrected chi connectivity index (χ3v) is 6.87. The van der Waals surface area contributed by atoms with Crippen LogP contribution in [0.2, 0.25) is 0 Å². The fraction of sp³-hybridized carbons (Fsp3) is 0.550. The summed E-state index contributed by atoms with van der Waals surface area (Å²) in [5.41, 5.74) is 2.28. The molecule has 0 radical (unpaired) electrons. The van der Waals surface area contributed by atoms with Gasteiger partial charge in [0, 0.05) is 48.7 Å². The summed E-state index contributed by atoms with van der Waals surface area (Å²) in [5.74, 6) is 0.174. The smallest absolute Gasteiger partial charge is 0.254 e. The topological polar surface area (TPSA) is 49.3 Å². The summed E-state index contributed by atoms with van der Waals surface area (Å²) in [6.07, 6.45) is 9.74. The maximum atomic E-state index is 12.9. The van der Waals surface area contributed by atoms with E-state index in [2.05, 4.69) is 28.8 Å². The zero-order valence-corrected chi connectivity index (χ0v) is 16.3. The number of pyridine rings is 1. The quantitative estimate of drug-likeness (QED) is 0.811. The van der Waals surface area contributed by atoms with Gasteiger partial charge in [0.2, 0.25) is 0 Å². The van der Waals surface area contributed by atoms with E-state index in [0.717, 1.165) is 50.0 Å². The average molecular weight is 371 g/mol. The van der Waals surface area contributed by atoms with Crippen LogP contribution in [0.25, 0.3) is 0 Å². The number of carbonyl (C=O) groups excluding carboxylic acids is 1. The normalized spacial score (nSPS) is 21.3. The summed E-state index contributed by atoms with van der Waals surface area (Å²) in [6, 6.07) is 2.50. The number of hydrogen-bond acceptors (Lipinski definition) is 5. The summed E-state index contributed by atoms with van der Waals surface area (Å²) in [4.78, 5) is 26.0. The minimum atomic E-state index is 0.174. The van der Waals surface area contributed by atoms with Gasteiger partial charge in [-0.3, -0.25) is 14.7 Å². The van der Waals surface area contributed by atoms with Gasteiger partial charge in [-0.05, 0) is 49.8 Å². The molecule has 2 aliphatic rings. The molecule has 138 valence electrons. The van der Waals surface area contributed by atoms with Crippen molar-refractivity contribution >= 4 is 17.2 Å². The van der Waals surface area contributed by atoms with Crippen molar-refractivity contribution in [3.8, 4) is 0 Å². The van der Waals surface area contributed by atoms with Crippen LogP contribution in [0.15, 0.2) is 30.0 Å². The van der Waals surface area contributed by atoms with Gasteiger partial charge < -0.3 is 4.90 Å². The molecule has 2 fully saturated rings. The van der Waals surface area contributed by atoms with E-state index in [0.29, 0.717) is 11.5 Å². The van der Waals surface area contributed by atoms with Crippen molar-refractivity contribution in [1.82, 2.24) is 19.8 Å². The molecular weight excluding hydrogens is 344 g/mol. The number of piperidine rings is 1. The fourth-order valence-electron chi connectivity index (χ4n) is 4.38. The SMILES string of the molecule is CCc1cnccc1C(=O)N1CCC2(CC1)CC2N(C)Cc1nccs1. The van der Waals surface area contributed by atoms with Gasteiger partial charge in [-0.1, -0.05) is 6.92 Å². The van der Waals surface area contributed by atoms with Crippen LogP contribution in [-0.2, 0) is 13.0 Å². The Hall–Kier alpha value is -1.79. The Balaban J connectivity index is 1.35. The number of hydrogen-bond donors (Lipinski definition) is 0. The lowest BCUT2D eigenvalue weighted by atomic mass is 9.91. The van der Waals surface area contributed by atoms with Crippen LogP contribution in [0.3, 0.4) is 0 Å². The zero-order chi connectivity index (χ0) is 18.1. The monoisotopic (exact) mass is 370 g/mol. The van der Waals surface area contributed by atoms with Crippen LogP contribution in [0.5, 0.6) is 0 Å². The van der Waals surface area contributed by atoms with Gasteiger partial charge >= 0.3 is 0 Å². The van der Waals surface area contributed by atoms with E-state index >= 15 is 0 Å². The van der Waals surface area contributed by atoms with Gasteiger partial charge in [0.15, 0.2) is 0 Å². The highest BCUT2D eigenvalue weighted by Crippen LogP contribution is 2.56. The van der Waals surface area contributed by atoms with Crippen molar-refractivity contribution in [2.75, 3.05) is 20.1 Å². The highest BCUT2D eigenvalue weighted by atomic mass is 32.1. The summed E-state index contributed by atoms with van der Waals surface area (Å²) >= 11 is 1.73. The number of nitrogens with zero attached hydrogens (tertiary/aromatic N) is 4. The molecule has 4 rings (SSSR count). The number of rotatable bonds is 5. The van der Waals surface area contributed by atoms with Crippen molar-refractivity contribution in [3.63, 3.8) is 0 Å². The number of likely N-dealkylation sites (tertiary alicyclic amines) is 1. The molecule has 3 heterocycles. The highest BCUT2D eigenvalue weighted by Gasteiger charge is 2.56. The first-order valence-corrected chi connectivity index (χ1v) is 10.3. The second-order valence-electron chi connectivity index (χ2n) is 7.60. The molecule has 2 aromatic heterocycles. The van der Waals surface area contributed by atoms with E-state index in [9.17, 15) is 4.79 Å². The predicted molar refractivity (Wildman–Crippen MR) is 103 cm³/mol. The molecule has 2 aromatic rings. The second kappa shape index (κ2) is 7.08. The Morgan fingerprint density at radius 1 is 1.38 bits per heavy atom. The number of aromatic nitrogens is 2. The molecule has 1 amide bonds. The van der Waals surface area contributed by atoms with Crippen LogP contribution in [-0.4, -0.2) is 51.9 Å². The van der Waals surface area contributed by atoms with E-state index < -0.39 is 0 Å². The lowest BCUT2D eigenvalue weighted by Gasteiger charge is -2.34. The number of amides is 1. The molecule has 6 heteroatoms. The standard InChI is InChI=1S/C20H26N4OS/c1-3-15-13-21-7-4-16(15)19(25)24-9-5-20(6-10-24)12-17(20)23(2)14-18-22-8-11-26-18/h4,7-8,11,13,17H,3,5-6,9-10,12,14H2,1-2H3. The Morgan fingerprint density at radius 3 is 2.88 bits per heavy atom. The Labute approximate surface area is 159 Å². The molecule has 26 heavy (non-hydrogen) atoms. The summed E-state index contributed by atoms with van der Waals surface area (Å²) < 4.78 is 0. The molecule has 0 N–H and O–H groups in total. The molecule has 1 atom stereocenters. The first-order valence-electron chi connectivity index (χ1n) is 9.44. The highest BCUT2D eigenvalue weighted by molar-refractivity contribution is 7.09. The first kappa shape index (κ1) is 17.6. The van der Waals surface area contributed by atoms with E-state index in [1.807, 2.05) is 28.7 Å². The van der Waals surface area contributed by atoms with E-state index in [1.165, 1.54) is 11.4 Å². The minimum absolute atomic E-state index is 0.174. The predicted octanol–water partition coefficient (Wildman–Crippen LogP) is 3.23. The molecule has 1 aliphatic heterocycles. The Kier molecular flexibility index (Phi) is 4.80. The average Bonchev–Trinajstić information content (AvgIpc) is 3.12. The van der Waals surface area contributed by atoms with Crippen LogP contribution < -0.4 is 0 Å². The molecule has 1 spiro atoms. The van der Waals surface area contributed by atoms with E-state index in [1.54, 1.807) is 17.5 Å². The third-order valence-electron chi connectivity index (χ3n) is 6.11. The number of thiazole rings is 1. The van der Waals surface area contributed by atoms with Crippen molar-refractivity contribution < 1.29 is 4.79 Å². The van der Waals surface area contributed by atoms with Crippen LogP contribution in [0.1, 0.15) is 47.1 Å². The first-order chi connectivity index (χ1) is 12.6. The number of carbonyl (C=O) groups is 1. The van der Waals surface area contributed by atoms with Gasteiger partial charge in [0.25, 0.3) is 5.91 Å². The van der Waals surface area contributed by atoms with Gasteiger partial charge in [-0.2, -0.15) is 0 Å². The molecule has 0 bridgehead atoms. The van der Waals surface area contributed by atoms with Gasteiger partial charge in [-0.25, -0.2) is 4.98 Å². The maximum Gasteiger partial charge on any atom is 0.254 e. The van der Waals surface area contributed by atoms with Crippen molar-refractivity contribution in [1.29, 1.82) is 0 Å². The third kappa shape index (κ3) is 3.28. The summed E-state index contributed by atoms with van der Waals surface area (Å²) in [7, 11) is 2.21. The minimum Gasteiger partial charge on any atom is -0.339 e. The molecule has 5 nitrogen and oxygen atoms in total. The van der Waals surface area contributed by atoms with Gasteiger partial charge in [0.05, 0.1) is 6.54 Å². The molecule has 1 saturated carbocycles. The summed E-state index contributed by atoms with van der Waals surface area (Å²) in [5, 5.41) is 3.23. The molecule has 1 saturated heterocycles. The van der Waals surface area contributed by atoms with Gasteiger partial charge in [-0.15, -0.1) is 11.3 Å². The molecule has 0 aromatic carbocycles. The lowest BCUT2D eigenvalue weighted by Crippen LogP contribution is -2.41. The Morgan fingerprint density at radius 2 is 2.19 bits per heavy atom. The lowest BCUT2D eigenvalue weighted by molar-refractivity contribution is 0.0656. The Bertz CT molecular complexity index is 768. The zero-order valence-electron chi connectivity index (χ0n) is 15.5. The van der Waals surface area contributed by atoms with Gasteiger partial charge in [0.1, 0.15) is 5.01 Å². The molecular formula is C20H26N4OS. The van der Waals surface area contributed by atoms with Crippen LogP contribution in [0, 0.1) is 5.41 Å². The van der Waals surface area contributed by atoms with E-state index in [4.69, 9.17) is 0 Å². The molecule has 1 aliphatic carbocycles. The maximum absolute atomic E-state index is 12.9. The summed E-state index contributed by atoms with van der Waals surface area (Å²) in [6.45, 7) is 4.74. The second-order valence-corrected chi connectivity index (χ2v) is 8.58. The van der Waals surface area contributed by atoms with Crippen molar-refractivity contribution in [2.24, 2.45) is 5.41 Å². The van der Waals surface area contributed by atoms with E-state index in [-0.39, 0.29) is 5.91 Å². The van der Waals surface area contributed by atoms with Crippen LogP contribution >= 0.6 is 11.3 Å². The van der Waals surface area contributed by atoms with Crippen LogP contribution in [0.4, 0.5) is 0 Å². The molecule has 1 unspecified atom stereocenters. The number of aryl methyl sites for hydroxylation is 1. The fourth-order valence-corrected chi connectivity index (χ4v) is 5.06.